The van der Waals surface area contributed by atoms with Crippen LogP contribution in [0.15, 0.2) is 53.0 Å². The average molecular weight is 370 g/mol. The first-order valence-electron chi connectivity index (χ1n) is 6.57. The molecule has 116 valence electrons. The first kappa shape index (κ1) is 16.4. The van der Waals surface area contributed by atoms with Crippen LogP contribution < -0.4 is 10.1 Å². The quantitative estimate of drug-likeness (QED) is 0.839. The number of hydrogen-bond acceptors (Lipinski definition) is 2. The fraction of sp³-hybridized carbons (Fsp3) is 0.188. The highest BCUT2D eigenvalue weighted by Crippen LogP contribution is 2.18. The number of nitrogens with one attached hydrogen (secondary N) is 1. The number of amides is 1. The molecule has 0 bridgehead atoms. The molecule has 0 heterocycles. The van der Waals surface area contributed by atoms with Crippen molar-refractivity contribution >= 4 is 21.8 Å². The summed E-state index contributed by atoms with van der Waals surface area (Å²) in [5, 5.41) is 2.85. The van der Waals surface area contributed by atoms with Gasteiger partial charge < -0.3 is 10.1 Å². The Morgan fingerprint density at radius 3 is 2.23 bits per heavy atom. The summed E-state index contributed by atoms with van der Waals surface area (Å²) in [5.41, 5.74) is 1.35. The van der Waals surface area contributed by atoms with Crippen LogP contribution in [0.1, 0.15) is 28.9 Å². The highest BCUT2D eigenvalue weighted by Gasteiger charge is 2.12. The first-order chi connectivity index (χ1) is 10.5. The van der Waals surface area contributed by atoms with Gasteiger partial charge in [-0.2, -0.15) is 8.78 Å². The van der Waals surface area contributed by atoms with Crippen molar-refractivity contribution in [1.29, 1.82) is 0 Å². The Morgan fingerprint density at radius 2 is 1.68 bits per heavy atom. The molecule has 0 saturated heterocycles. The van der Waals surface area contributed by atoms with Gasteiger partial charge in [-0.3, -0.25) is 4.79 Å². The Bertz CT molecular complexity index is 630. The number of benzene rings is 2. The van der Waals surface area contributed by atoms with Gasteiger partial charge in [0.1, 0.15) is 5.75 Å². The lowest BCUT2D eigenvalue weighted by Gasteiger charge is -2.14. The van der Waals surface area contributed by atoms with Crippen molar-refractivity contribution in [2.75, 3.05) is 0 Å². The fourth-order valence-electron chi connectivity index (χ4n) is 1.90. The molecule has 2 rings (SSSR count). The van der Waals surface area contributed by atoms with Crippen LogP contribution in [-0.4, -0.2) is 12.5 Å². The second-order valence-electron chi connectivity index (χ2n) is 4.65. The molecule has 22 heavy (non-hydrogen) atoms. The molecule has 6 heteroatoms. The number of ether oxygens (including phenoxy) is 1. The summed E-state index contributed by atoms with van der Waals surface area (Å²) in [6, 6.07) is 13.0. The van der Waals surface area contributed by atoms with Gasteiger partial charge >= 0.3 is 6.61 Å². The van der Waals surface area contributed by atoms with Crippen LogP contribution in [0.25, 0.3) is 0 Å². The van der Waals surface area contributed by atoms with E-state index >= 15 is 0 Å². The third-order valence-corrected chi connectivity index (χ3v) is 3.59. The zero-order valence-corrected chi connectivity index (χ0v) is 13.3. The van der Waals surface area contributed by atoms with Crippen molar-refractivity contribution in [3.8, 4) is 5.75 Å². The van der Waals surface area contributed by atoms with Gasteiger partial charge in [-0.15, -0.1) is 0 Å². The van der Waals surface area contributed by atoms with Gasteiger partial charge in [0.25, 0.3) is 5.91 Å². The zero-order valence-electron chi connectivity index (χ0n) is 11.7. The van der Waals surface area contributed by atoms with E-state index in [9.17, 15) is 13.6 Å². The highest BCUT2D eigenvalue weighted by molar-refractivity contribution is 9.10. The predicted molar refractivity (Wildman–Crippen MR) is 83.1 cm³/mol. The van der Waals surface area contributed by atoms with E-state index in [-0.39, 0.29) is 17.7 Å². The Morgan fingerprint density at radius 1 is 1.09 bits per heavy atom. The molecule has 0 fully saturated rings. The lowest BCUT2D eigenvalue weighted by molar-refractivity contribution is -0.0498. The Balaban J connectivity index is 2.00. The number of carbonyl (C=O) groups is 1. The van der Waals surface area contributed by atoms with Crippen LogP contribution in [0.4, 0.5) is 8.78 Å². The van der Waals surface area contributed by atoms with Crippen molar-refractivity contribution in [2.45, 2.75) is 19.6 Å². The summed E-state index contributed by atoms with van der Waals surface area (Å²) in [6.07, 6.45) is 0. The molecule has 2 aromatic carbocycles. The SMILES string of the molecule is C[C@H](NC(=O)c1ccc(OC(F)F)cc1)c1ccc(Br)cc1. The molecular weight excluding hydrogens is 356 g/mol. The molecule has 0 unspecified atom stereocenters. The first-order valence-corrected chi connectivity index (χ1v) is 7.36. The number of halogens is 3. The molecule has 0 aliphatic rings. The van der Waals surface area contributed by atoms with Gasteiger partial charge in [0.05, 0.1) is 6.04 Å². The topological polar surface area (TPSA) is 38.3 Å². The summed E-state index contributed by atoms with van der Waals surface area (Å²) >= 11 is 3.35. The summed E-state index contributed by atoms with van der Waals surface area (Å²) < 4.78 is 29.3. The van der Waals surface area contributed by atoms with Crippen molar-refractivity contribution < 1.29 is 18.3 Å². The predicted octanol–water partition coefficient (Wildman–Crippen LogP) is 4.54. The zero-order chi connectivity index (χ0) is 16.1. The average Bonchev–Trinajstić information content (AvgIpc) is 2.48. The van der Waals surface area contributed by atoms with E-state index in [2.05, 4.69) is 26.0 Å². The molecule has 0 saturated carbocycles. The van der Waals surface area contributed by atoms with Gasteiger partial charge in [0.2, 0.25) is 0 Å². The largest absolute Gasteiger partial charge is 0.435 e. The molecule has 0 spiro atoms. The maximum Gasteiger partial charge on any atom is 0.387 e. The lowest BCUT2D eigenvalue weighted by atomic mass is 10.1. The van der Waals surface area contributed by atoms with E-state index < -0.39 is 6.61 Å². The maximum absolute atomic E-state index is 12.1. The molecule has 0 aromatic heterocycles. The summed E-state index contributed by atoms with van der Waals surface area (Å²) in [4.78, 5) is 12.1. The highest BCUT2D eigenvalue weighted by atomic mass is 79.9. The second-order valence-corrected chi connectivity index (χ2v) is 5.57. The number of carbonyl (C=O) groups excluding carboxylic acids is 1. The standard InChI is InChI=1S/C16H14BrF2NO2/c1-10(11-2-6-13(17)7-3-11)20-15(21)12-4-8-14(9-5-12)22-16(18)19/h2-10,16H,1H3,(H,20,21)/t10-/m0/s1. The van der Waals surface area contributed by atoms with Crippen molar-refractivity contribution in [3.05, 3.63) is 64.1 Å². The second kappa shape index (κ2) is 7.35. The molecule has 0 aliphatic heterocycles. The normalized spacial score (nSPS) is 12.0. The Hall–Kier alpha value is -1.95. The monoisotopic (exact) mass is 369 g/mol. The summed E-state index contributed by atoms with van der Waals surface area (Å²) in [6.45, 7) is -1.01. The third kappa shape index (κ3) is 4.53. The number of alkyl halides is 2. The number of rotatable bonds is 5. The van der Waals surface area contributed by atoms with E-state index in [0.717, 1.165) is 10.0 Å². The van der Waals surface area contributed by atoms with Crippen LogP contribution >= 0.6 is 15.9 Å². The lowest BCUT2D eigenvalue weighted by Crippen LogP contribution is -2.26. The molecule has 0 radical (unpaired) electrons. The van der Waals surface area contributed by atoms with Gasteiger partial charge in [-0.1, -0.05) is 28.1 Å². The summed E-state index contributed by atoms with van der Waals surface area (Å²) in [7, 11) is 0. The summed E-state index contributed by atoms with van der Waals surface area (Å²) in [5.74, 6) is -0.258. The van der Waals surface area contributed by atoms with Gasteiger partial charge in [0.15, 0.2) is 0 Å². The molecular formula is C16H14BrF2NO2. The van der Waals surface area contributed by atoms with E-state index in [1.54, 1.807) is 0 Å². The van der Waals surface area contributed by atoms with E-state index in [1.807, 2.05) is 31.2 Å². The van der Waals surface area contributed by atoms with Gasteiger partial charge in [0, 0.05) is 10.0 Å². The van der Waals surface area contributed by atoms with E-state index in [0.29, 0.717) is 5.56 Å². The van der Waals surface area contributed by atoms with Crippen LogP contribution in [0.3, 0.4) is 0 Å². The Labute approximate surface area is 135 Å². The minimum Gasteiger partial charge on any atom is -0.435 e. The molecule has 3 nitrogen and oxygen atoms in total. The van der Waals surface area contributed by atoms with E-state index in [1.165, 1.54) is 24.3 Å². The van der Waals surface area contributed by atoms with Crippen molar-refractivity contribution in [3.63, 3.8) is 0 Å². The van der Waals surface area contributed by atoms with Crippen molar-refractivity contribution in [1.82, 2.24) is 5.32 Å². The number of hydrogen-bond donors (Lipinski definition) is 1. The molecule has 1 amide bonds. The Kier molecular flexibility index (Phi) is 5.49. The van der Waals surface area contributed by atoms with Crippen LogP contribution in [0.2, 0.25) is 0 Å². The van der Waals surface area contributed by atoms with Crippen molar-refractivity contribution in [2.24, 2.45) is 0 Å². The van der Waals surface area contributed by atoms with Gasteiger partial charge in [-0.05, 0) is 48.9 Å². The minimum absolute atomic E-state index is 0.0208. The maximum atomic E-state index is 12.1. The minimum atomic E-state index is -2.88. The molecule has 1 N–H and O–H groups in total. The molecule has 1 atom stereocenters. The van der Waals surface area contributed by atoms with Gasteiger partial charge in [-0.25, -0.2) is 0 Å². The fourth-order valence-corrected chi connectivity index (χ4v) is 2.17. The smallest absolute Gasteiger partial charge is 0.387 e. The van der Waals surface area contributed by atoms with Crippen LogP contribution in [-0.2, 0) is 0 Å². The molecule has 2 aromatic rings. The van der Waals surface area contributed by atoms with Crippen LogP contribution in [0.5, 0.6) is 5.75 Å². The third-order valence-electron chi connectivity index (χ3n) is 3.06. The molecule has 0 aliphatic carbocycles. The van der Waals surface area contributed by atoms with E-state index in [4.69, 9.17) is 0 Å². The van der Waals surface area contributed by atoms with Crippen LogP contribution in [0, 0.1) is 0 Å².